The van der Waals surface area contributed by atoms with Crippen molar-refractivity contribution >= 4 is 11.6 Å². The maximum absolute atomic E-state index is 10.4. The molecule has 0 radical (unpaired) electrons. The van der Waals surface area contributed by atoms with Crippen molar-refractivity contribution < 1.29 is 9.84 Å². The molecule has 0 aromatic heterocycles. The van der Waals surface area contributed by atoms with Crippen molar-refractivity contribution in [3.05, 3.63) is 11.6 Å². The van der Waals surface area contributed by atoms with Crippen LogP contribution in [-0.2, 0) is 4.74 Å². The number of aliphatic hydroxyl groups is 1. The van der Waals surface area contributed by atoms with Crippen LogP contribution in [0, 0.1) is 45.8 Å². The summed E-state index contributed by atoms with van der Waals surface area (Å²) in [5.41, 5.74) is 2.81. The Kier molecular flexibility index (Phi) is 4.93. The maximum atomic E-state index is 10.4. The van der Waals surface area contributed by atoms with E-state index in [0.717, 1.165) is 43.0 Å². The van der Waals surface area contributed by atoms with Crippen molar-refractivity contribution in [1.82, 2.24) is 4.90 Å². The zero-order chi connectivity index (χ0) is 23.7. The predicted octanol–water partition coefficient (Wildman–Crippen LogP) is 6.03. The van der Waals surface area contributed by atoms with Gasteiger partial charge in [0.05, 0.1) is 17.8 Å². The summed E-state index contributed by atoms with van der Waals surface area (Å²) < 4.78 is 7.38. The molecule has 0 aromatic carbocycles. The summed E-state index contributed by atoms with van der Waals surface area (Å²) in [4.78, 5) is 2.70. The first-order chi connectivity index (χ1) is 16.2. The van der Waals surface area contributed by atoms with Crippen LogP contribution in [0.15, 0.2) is 11.6 Å². The van der Waals surface area contributed by atoms with E-state index in [1.165, 1.54) is 51.5 Å². The molecule has 4 saturated carbocycles. The Bertz CT molecular complexity index is 906. The van der Waals surface area contributed by atoms with E-state index in [1.54, 1.807) is 5.57 Å². The second-order valence-corrected chi connectivity index (χ2v) is 14.8. The van der Waals surface area contributed by atoms with Gasteiger partial charge in [0.1, 0.15) is 0 Å². The average molecular weight is 488 g/mol. The normalized spacial score (nSPS) is 60.1. The van der Waals surface area contributed by atoms with Crippen molar-refractivity contribution in [1.29, 1.82) is 0 Å². The summed E-state index contributed by atoms with van der Waals surface area (Å²) in [5, 5.41) is 10.4. The minimum atomic E-state index is -0.110. The first kappa shape index (κ1) is 23.1. The number of piperidine rings is 1. The number of alkyl halides is 1. The van der Waals surface area contributed by atoms with E-state index in [4.69, 9.17) is 16.3 Å². The summed E-state index contributed by atoms with van der Waals surface area (Å²) in [7, 11) is 0. The number of nitrogens with zero attached hydrogens (tertiary/aromatic N) is 1. The SMILES string of the molecule is C[C@H]1C[C@H]2O[C@]3(CC[C@H]4[C@@H]5CC=C6C[C@@H](O)CC[C@]6(C)[C@H]5CC45CC53C)[C@H](C)[C@@H]2N(CCCl)C1. The van der Waals surface area contributed by atoms with Gasteiger partial charge in [-0.2, -0.15) is 0 Å². The minimum Gasteiger partial charge on any atom is -0.393 e. The van der Waals surface area contributed by atoms with Crippen molar-refractivity contribution in [2.45, 2.75) is 109 Å². The van der Waals surface area contributed by atoms with Crippen LogP contribution in [0.5, 0.6) is 0 Å². The lowest BCUT2D eigenvalue weighted by molar-refractivity contribution is -0.148. The number of fused-ring (bicyclic) bond motifs is 6. The first-order valence-corrected chi connectivity index (χ1v) is 15.1. The first-order valence-electron chi connectivity index (χ1n) is 14.5. The van der Waals surface area contributed by atoms with Gasteiger partial charge in [0.2, 0.25) is 0 Å². The lowest BCUT2D eigenvalue weighted by Crippen LogP contribution is -2.54. The zero-order valence-corrected chi connectivity index (χ0v) is 22.6. The molecule has 7 rings (SSSR count). The van der Waals surface area contributed by atoms with Crippen LogP contribution < -0.4 is 0 Å². The van der Waals surface area contributed by atoms with E-state index in [9.17, 15) is 5.11 Å². The number of allylic oxidation sites excluding steroid dienone is 1. The lowest BCUT2D eigenvalue weighted by atomic mass is 9.56. The Hall–Kier alpha value is -0.0900. The Morgan fingerprint density at radius 3 is 2.79 bits per heavy atom. The van der Waals surface area contributed by atoms with Gasteiger partial charge >= 0.3 is 0 Å². The maximum Gasteiger partial charge on any atom is 0.0787 e. The largest absolute Gasteiger partial charge is 0.393 e. The third-order valence-electron chi connectivity index (χ3n) is 13.3. The Labute approximate surface area is 212 Å². The topological polar surface area (TPSA) is 32.7 Å². The number of likely N-dealkylation sites (tertiary alicyclic amines) is 1. The van der Waals surface area contributed by atoms with Gasteiger partial charge in [0, 0.05) is 36.3 Å². The number of aliphatic hydroxyl groups excluding tert-OH is 1. The summed E-state index contributed by atoms with van der Waals surface area (Å²) in [6, 6.07) is 0.551. The van der Waals surface area contributed by atoms with E-state index in [1.807, 2.05) is 0 Å². The molecule has 0 bridgehead atoms. The van der Waals surface area contributed by atoms with Crippen molar-refractivity contribution in [2.24, 2.45) is 45.8 Å². The smallest absolute Gasteiger partial charge is 0.0787 e. The van der Waals surface area contributed by atoms with Gasteiger partial charge in [-0.3, -0.25) is 4.90 Å². The highest BCUT2D eigenvalue weighted by Crippen LogP contribution is 2.87. The molecule has 4 heteroatoms. The molecule has 5 aliphatic carbocycles. The number of hydrogen-bond acceptors (Lipinski definition) is 3. The lowest BCUT2D eigenvalue weighted by Gasteiger charge is -2.50. The van der Waals surface area contributed by atoms with Gasteiger partial charge in [-0.15, -0.1) is 11.6 Å². The number of hydrogen-bond donors (Lipinski definition) is 1. The van der Waals surface area contributed by atoms with E-state index < -0.39 is 0 Å². The van der Waals surface area contributed by atoms with Crippen LogP contribution in [0.2, 0.25) is 0 Å². The second kappa shape index (κ2) is 7.27. The molecule has 2 unspecified atom stereocenters. The zero-order valence-electron chi connectivity index (χ0n) is 21.9. The highest BCUT2D eigenvalue weighted by Gasteiger charge is 2.84. The van der Waals surface area contributed by atoms with E-state index in [-0.39, 0.29) is 11.7 Å². The van der Waals surface area contributed by atoms with E-state index in [2.05, 4.69) is 38.7 Å². The van der Waals surface area contributed by atoms with Gasteiger partial charge in [-0.1, -0.05) is 39.3 Å². The summed E-state index contributed by atoms with van der Waals surface area (Å²) >= 11 is 6.28. The van der Waals surface area contributed by atoms with Gasteiger partial charge < -0.3 is 9.84 Å². The fraction of sp³-hybridized carbons (Fsp3) is 0.933. The molecular weight excluding hydrogens is 442 g/mol. The summed E-state index contributed by atoms with van der Waals surface area (Å²) in [5.74, 6) is 4.57. The number of ether oxygens (including phenoxy) is 1. The molecule has 0 aromatic rings. The van der Waals surface area contributed by atoms with Crippen molar-refractivity contribution in [3.63, 3.8) is 0 Å². The second-order valence-electron chi connectivity index (χ2n) is 14.4. The number of halogens is 1. The molecule has 7 aliphatic rings. The molecule has 3 nitrogen and oxygen atoms in total. The predicted molar refractivity (Wildman–Crippen MR) is 137 cm³/mol. The van der Waals surface area contributed by atoms with Gasteiger partial charge in [0.15, 0.2) is 0 Å². The molecule has 34 heavy (non-hydrogen) atoms. The summed E-state index contributed by atoms with van der Waals surface area (Å²) in [6.45, 7) is 12.4. The Balaban J connectivity index is 1.21. The highest BCUT2D eigenvalue weighted by molar-refractivity contribution is 6.18. The molecule has 1 N–H and O–H groups in total. The fourth-order valence-corrected chi connectivity index (χ4v) is 12.0. The minimum absolute atomic E-state index is 0.0564. The van der Waals surface area contributed by atoms with Crippen LogP contribution >= 0.6 is 11.6 Å². The monoisotopic (exact) mass is 487 g/mol. The molecule has 190 valence electrons. The van der Waals surface area contributed by atoms with Gasteiger partial charge in [-0.05, 0) is 92.3 Å². The van der Waals surface area contributed by atoms with Crippen LogP contribution in [0.4, 0.5) is 0 Å². The third-order valence-corrected chi connectivity index (χ3v) is 13.5. The van der Waals surface area contributed by atoms with Gasteiger partial charge in [-0.25, -0.2) is 0 Å². The molecule has 6 fully saturated rings. The fourth-order valence-electron chi connectivity index (χ4n) is 11.8. The molecule has 2 aliphatic heterocycles. The van der Waals surface area contributed by atoms with E-state index in [0.29, 0.717) is 40.2 Å². The molecule has 2 spiro atoms. The van der Waals surface area contributed by atoms with Crippen molar-refractivity contribution in [2.75, 3.05) is 19.0 Å². The molecular formula is C30H46ClNO2. The van der Waals surface area contributed by atoms with Crippen LogP contribution in [0.25, 0.3) is 0 Å². The highest BCUT2D eigenvalue weighted by atomic mass is 35.5. The van der Waals surface area contributed by atoms with Crippen LogP contribution in [0.1, 0.15) is 85.5 Å². The van der Waals surface area contributed by atoms with Crippen molar-refractivity contribution in [3.8, 4) is 0 Å². The van der Waals surface area contributed by atoms with Gasteiger partial charge in [0.25, 0.3) is 0 Å². The summed E-state index contributed by atoms with van der Waals surface area (Å²) in [6.07, 6.45) is 13.9. The third kappa shape index (κ3) is 2.62. The Morgan fingerprint density at radius 1 is 1.18 bits per heavy atom. The molecule has 2 saturated heterocycles. The molecule has 12 atom stereocenters. The van der Waals surface area contributed by atoms with Crippen LogP contribution in [0.3, 0.4) is 0 Å². The average Bonchev–Trinajstić information content (AvgIpc) is 3.13. The standard InChI is InChI=1S/C30H46ClNO2/c1-18-13-25-26(32(16-18)12-11-31)19(2)30(34-25)10-8-23-22-6-5-20-14-21(33)7-9-27(20,3)24(22)15-29(23)17-28(29,30)4/h5,18-19,21-26,33H,6-17H2,1-4H3/t18-,19+,21-,22-,23-,24-,25+,26-,27-,28?,29?,30+/m0/s1. The van der Waals surface area contributed by atoms with Crippen LogP contribution in [-0.4, -0.2) is 52.8 Å². The van der Waals surface area contributed by atoms with E-state index >= 15 is 0 Å². The molecule has 0 amide bonds. The Morgan fingerprint density at radius 2 is 2.00 bits per heavy atom. The quantitative estimate of drug-likeness (QED) is 0.381. The number of rotatable bonds is 2. The molecule has 2 heterocycles.